The van der Waals surface area contributed by atoms with E-state index in [4.69, 9.17) is 0 Å². The lowest BCUT2D eigenvalue weighted by molar-refractivity contribution is -0.116. The lowest BCUT2D eigenvalue weighted by Gasteiger charge is -2.29. The van der Waals surface area contributed by atoms with Gasteiger partial charge in [0.05, 0.1) is 11.9 Å². The highest BCUT2D eigenvalue weighted by Gasteiger charge is 2.29. The van der Waals surface area contributed by atoms with Crippen LogP contribution in [0.5, 0.6) is 0 Å². The fourth-order valence-corrected chi connectivity index (χ4v) is 4.99. The van der Waals surface area contributed by atoms with Crippen molar-refractivity contribution in [2.24, 2.45) is 0 Å². The van der Waals surface area contributed by atoms with E-state index in [9.17, 15) is 13.2 Å². The molecule has 1 fully saturated rings. The minimum Gasteiger partial charge on any atom is -0.372 e. The third-order valence-electron chi connectivity index (χ3n) is 5.69. The van der Waals surface area contributed by atoms with Crippen LogP contribution in [0.25, 0.3) is 0 Å². The van der Waals surface area contributed by atoms with Gasteiger partial charge in [-0.1, -0.05) is 6.07 Å². The molecule has 1 atom stereocenters. The third-order valence-corrected chi connectivity index (χ3v) is 6.93. The van der Waals surface area contributed by atoms with Crippen LogP contribution in [0.4, 0.5) is 17.1 Å². The van der Waals surface area contributed by atoms with Gasteiger partial charge < -0.3 is 10.2 Å². The van der Waals surface area contributed by atoms with Crippen LogP contribution in [0.1, 0.15) is 37.3 Å². The van der Waals surface area contributed by atoms with Gasteiger partial charge in [0.15, 0.2) is 0 Å². The van der Waals surface area contributed by atoms with Crippen LogP contribution >= 0.6 is 0 Å². The Bertz CT molecular complexity index is 997. The number of hydrogen-bond donors (Lipinski definition) is 1. The highest BCUT2D eigenvalue weighted by atomic mass is 32.2. The Morgan fingerprint density at radius 1 is 1.00 bits per heavy atom. The summed E-state index contributed by atoms with van der Waals surface area (Å²) >= 11 is 0. The highest BCUT2D eigenvalue weighted by molar-refractivity contribution is 7.92. The zero-order valence-electron chi connectivity index (χ0n) is 18.2. The number of piperidine rings is 1. The van der Waals surface area contributed by atoms with Crippen molar-refractivity contribution in [3.63, 3.8) is 0 Å². The number of rotatable bonds is 6. The number of benzene rings is 2. The van der Waals surface area contributed by atoms with Crippen molar-refractivity contribution >= 4 is 33.0 Å². The van der Waals surface area contributed by atoms with Gasteiger partial charge in [-0.2, -0.15) is 0 Å². The van der Waals surface area contributed by atoms with Crippen molar-refractivity contribution in [2.45, 2.75) is 46.1 Å². The van der Waals surface area contributed by atoms with Crippen LogP contribution in [0.15, 0.2) is 42.5 Å². The van der Waals surface area contributed by atoms with E-state index in [1.807, 2.05) is 44.2 Å². The third kappa shape index (κ3) is 5.14. The van der Waals surface area contributed by atoms with Gasteiger partial charge in [-0.05, 0) is 87.6 Å². The van der Waals surface area contributed by atoms with E-state index in [0.29, 0.717) is 11.4 Å². The summed E-state index contributed by atoms with van der Waals surface area (Å²) in [5.41, 5.74) is 4.33. The maximum absolute atomic E-state index is 12.9. The van der Waals surface area contributed by atoms with Crippen LogP contribution in [-0.2, 0) is 14.8 Å². The maximum Gasteiger partial charge on any atom is 0.247 e. The highest BCUT2D eigenvalue weighted by Crippen LogP contribution is 2.25. The first kappa shape index (κ1) is 22.2. The molecular weight excluding hydrogens is 398 g/mol. The first-order valence-electron chi connectivity index (χ1n) is 10.4. The number of nitrogens with zero attached hydrogens (tertiary/aromatic N) is 2. The molecule has 1 amide bonds. The molecule has 0 unspecified atom stereocenters. The van der Waals surface area contributed by atoms with Crippen LogP contribution < -0.4 is 14.5 Å². The number of anilines is 3. The van der Waals surface area contributed by atoms with Crippen LogP contribution in [-0.4, -0.2) is 39.7 Å². The molecule has 0 aromatic heterocycles. The number of carbonyl (C=O) groups excluding carboxylic acids is 1. The molecule has 1 aliphatic rings. The summed E-state index contributed by atoms with van der Waals surface area (Å²) in [6.07, 6.45) is 4.81. The second-order valence-electron chi connectivity index (χ2n) is 8.09. The summed E-state index contributed by atoms with van der Waals surface area (Å²) < 4.78 is 26.2. The van der Waals surface area contributed by atoms with Gasteiger partial charge in [-0.3, -0.25) is 9.10 Å². The van der Waals surface area contributed by atoms with E-state index in [1.54, 1.807) is 19.1 Å². The SMILES string of the molecule is Cc1ccc(N([C@H](C)C(=O)Nc2ccc(N3CCCCC3)cc2)S(C)(=O)=O)cc1C. The largest absolute Gasteiger partial charge is 0.372 e. The number of carbonyl (C=O) groups is 1. The molecule has 0 spiro atoms. The molecule has 30 heavy (non-hydrogen) atoms. The molecule has 2 aromatic carbocycles. The summed E-state index contributed by atoms with van der Waals surface area (Å²) in [6.45, 7) is 7.61. The van der Waals surface area contributed by atoms with Gasteiger partial charge >= 0.3 is 0 Å². The van der Waals surface area contributed by atoms with Crippen molar-refractivity contribution in [3.05, 3.63) is 53.6 Å². The summed E-state index contributed by atoms with van der Waals surface area (Å²) in [7, 11) is -3.64. The van der Waals surface area contributed by atoms with Gasteiger partial charge in [-0.25, -0.2) is 8.42 Å². The molecule has 1 saturated heterocycles. The number of aryl methyl sites for hydroxylation is 2. The molecule has 1 aliphatic heterocycles. The molecule has 7 heteroatoms. The van der Waals surface area contributed by atoms with Crippen molar-refractivity contribution in [3.8, 4) is 0 Å². The van der Waals surface area contributed by atoms with Crippen LogP contribution in [0, 0.1) is 13.8 Å². The van der Waals surface area contributed by atoms with Crippen molar-refractivity contribution in [1.82, 2.24) is 0 Å². The summed E-state index contributed by atoms with van der Waals surface area (Å²) in [6, 6.07) is 12.3. The maximum atomic E-state index is 12.9. The Labute approximate surface area is 179 Å². The minimum atomic E-state index is -3.64. The second kappa shape index (κ2) is 9.08. The Kier molecular flexibility index (Phi) is 6.71. The summed E-state index contributed by atoms with van der Waals surface area (Å²) in [4.78, 5) is 15.2. The molecular formula is C23H31N3O3S. The smallest absolute Gasteiger partial charge is 0.247 e. The Balaban J connectivity index is 1.76. The summed E-state index contributed by atoms with van der Waals surface area (Å²) in [5.74, 6) is -0.371. The quantitative estimate of drug-likeness (QED) is 0.751. The standard InChI is InChI=1S/C23H31N3O3S/c1-17-8-11-22(16-18(17)2)26(30(4,28)29)19(3)23(27)24-20-9-12-21(13-10-20)25-14-6-5-7-15-25/h8-13,16,19H,5-7,14-15H2,1-4H3,(H,24,27)/t19-/m1/s1. The van der Waals surface area contributed by atoms with Gasteiger partial charge in [-0.15, -0.1) is 0 Å². The predicted molar refractivity (Wildman–Crippen MR) is 124 cm³/mol. The average molecular weight is 430 g/mol. The molecule has 6 nitrogen and oxygen atoms in total. The van der Waals surface area contributed by atoms with E-state index in [1.165, 1.54) is 23.6 Å². The van der Waals surface area contributed by atoms with Gasteiger partial charge in [0, 0.05) is 24.5 Å². The zero-order chi connectivity index (χ0) is 21.9. The molecule has 3 rings (SSSR count). The fourth-order valence-electron chi connectivity index (χ4n) is 3.83. The van der Waals surface area contributed by atoms with E-state index >= 15 is 0 Å². The number of nitrogens with one attached hydrogen (secondary N) is 1. The first-order valence-corrected chi connectivity index (χ1v) is 12.2. The van der Waals surface area contributed by atoms with Crippen molar-refractivity contribution in [2.75, 3.05) is 33.9 Å². The summed E-state index contributed by atoms with van der Waals surface area (Å²) in [5, 5.41) is 2.86. The Hall–Kier alpha value is -2.54. The molecule has 0 saturated carbocycles. The van der Waals surface area contributed by atoms with Crippen molar-refractivity contribution in [1.29, 1.82) is 0 Å². The molecule has 1 N–H and O–H groups in total. The normalized spacial score (nSPS) is 15.5. The predicted octanol–water partition coefficient (Wildman–Crippen LogP) is 4.09. The van der Waals surface area contributed by atoms with Gasteiger partial charge in [0.25, 0.3) is 0 Å². The Morgan fingerprint density at radius 2 is 1.63 bits per heavy atom. The van der Waals surface area contributed by atoms with Crippen LogP contribution in [0.2, 0.25) is 0 Å². The molecule has 0 aliphatic carbocycles. The second-order valence-corrected chi connectivity index (χ2v) is 9.95. The number of hydrogen-bond acceptors (Lipinski definition) is 4. The fraction of sp³-hybridized carbons (Fsp3) is 0.435. The van der Waals surface area contributed by atoms with E-state index < -0.39 is 16.1 Å². The van der Waals surface area contributed by atoms with Crippen molar-refractivity contribution < 1.29 is 13.2 Å². The van der Waals surface area contributed by atoms with E-state index in [0.717, 1.165) is 36.2 Å². The average Bonchev–Trinajstić information content (AvgIpc) is 2.71. The van der Waals surface area contributed by atoms with E-state index in [-0.39, 0.29) is 5.91 Å². The monoisotopic (exact) mass is 429 g/mol. The van der Waals surface area contributed by atoms with Crippen LogP contribution in [0.3, 0.4) is 0 Å². The molecule has 1 heterocycles. The lowest BCUT2D eigenvalue weighted by Crippen LogP contribution is -2.45. The Morgan fingerprint density at radius 3 is 2.20 bits per heavy atom. The molecule has 2 aromatic rings. The number of sulfonamides is 1. The van der Waals surface area contributed by atoms with E-state index in [2.05, 4.69) is 10.2 Å². The topological polar surface area (TPSA) is 69.7 Å². The molecule has 0 radical (unpaired) electrons. The van der Waals surface area contributed by atoms with Gasteiger partial charge in [0.2, 0.25) is 15.9 Å². The van der Waals surface area contributed by atoms with Gasteiger partial charge in [0.1, 0.15) is 6.04 Å². The number of amides is 1. The molecule has 0 bridgehead atoms. The molecule has 162 valence electrons. The lowest BCUT2D eigenvalue weighted by atomic mass is 10.1. The zero-order valence-corrected chi connectivity index (χ0v) is 19.0. The first-order chi connectivity index (χ1) is 14.2. The minimum absolute atomic E-state index is 0.371.